The third kappa shape index (κ3) is 2.70. The zero-order valence-corrected chi connectivity index (χ0v) is 7.06. The quantitative estimate of drug-likeness (QED) is 0.510. The highest BCUT2D eigenvalue weighted by Gasteiger charge is 1.97. The van der Waals surface area contributed by atoms with Gasteiger partial charge >= 0.3 is 0 Å². The molecule has 1 heterocycles. The van der Waals surface area contributed by atoms with Crippen LogP contribution in [-0.4, -0.2) is 12.8 Å². The molecule has 0 atom stereocenters. The molecule has 2 radical (unpaired) electrons. The molecule has 0 fully saturated rings. The lowest BCUT2D eigenvalue weighted by Crippen LogP contribution is -2.10. The highest BCUT2D eigenvalue weighted by molar-refractivity contribution is 6.32. The molecule has 0 saturated carbocycles. The fourth-order valence-corrected chi connectivity index (χ4v) is 0.568. The number of rotatable bonds is 0. The van der Waals surface area contributed by atoms with Gasteiger partial charge < -0.3 is 0 Å². The van der Waals surface area contributed by atoms with Crippen LogP contribution in [0.25, 0.3) is 0 Å². The van der Waals surface area contributed by atoms with Crippen LogP contribution in [0.2, 0.25) is 0 Å². The van der Waals surface area contributed by atoms with Crippen molar-refractivity contribution >= 4 is 13.3 Å². The number of aromatic nitrogens is 1. The Balaban J connectivity index is 0.000000461. The largest absolute Gasteiger partial charge is 0.259 e. The topological polar surface area (TPSA) is 12.9 Å². The predicted molar refractivity (Wildman–Crippen MR) is 45.7 cm³/mol. The second kappa shape index (κ2) is 4.88. The van der Waals surface area contributed by atoms with E-state index in [1.54, 1.807) is 6.92 Å². The van der Waals surface area contributed by atoms with Crippen molar-refractivity contribution in [1.82, 2.24) is 4.98 Å². The summed E-state index contributed by atoms with van der Waals surface area (Å²) in [5.41, 5.74) is 0.498. The van der Waals surface area contributed by atoms with Gasteiger partial charge in [0, 0.05) is 6.20 Å². The van der Waals surface area contributed by atoms with Gasteiger partial charge in [0.1, 0.15) is 13.7 Å². The first-order valence-corrected chi connectivity index (χ1v) is 3.58. The van der Waals surface area contributed by atoms with E-state index in [2.05, 4.69) is 4.98 Å². The van der Waals surface area contributed by atoms with Crippen molar-refractivity contribution in [2.24, 2.45) is 0 Å². The zero-order chi connectivity index (χ0) is 8.85. The normalized spacial score (nSPS) is 8.36. The molecule has 0 amide bonds. The number of hydrogen-bond acceptors (Lipinski definition) is 1. The van der Waals surface area contributed by atoms with Gasteiger partial charge in [-0.05, 0) is 13.0 Å². The molecule has 11 heavy (non-hydrogen) atoms. The molecule has 58 valence electrons. The average Bonchev–Trinajstić information content (AvgIpc) is 2.04. The van der Waals surface area contributed by atoms with Gasteiger partial charge in [-0.3, -0.25) is 4.98 Å². The van der Waals surface area contributed by atoms with Gasteiger partial charge in [-0.1, -0.05) is 19.3 Å². The molecule has 0 spiro atoms. The molecule has 1 rings (SSSR count). The van der Waals surface area contributed by atoms with Crippen molar-refractivity contribution in [1.29, 1.82) is 0 Å². The van der Waals surface area contributed by atoms with Crippen LogP contribution in [0.5, 0.6) is 0 Å². The Morgan fingerprint density at radius 2 is 2.00 bits per heavy atom. The summed E-state index contributed by atoms with van der Waals surface area (Å²) in [5.74, 6) is -0.419. The minimum Gasteiger partial charge on any atom is -0.259 e. The Morgan fingerprint density at radius 3 is 2.36 bits per heavy atom. The fourth-order valence-electron chi connectivity index (χ4n) is 0.568. The highest BCUT2D eigenvalue weighted by Crippen LogP contribution is 1.94. The molecule has 1 aromatic heterocycles. The van der Waals surface area contributed by atoms with Crippen LogP contribution in [-0.2, 0) is 0 Å². The molecule has 1 aromatic rings. The Bertz CT molecular complexity index is 205. The molecule has 0 saturated heterocycles. The van der Waals surface area contributed by atoms with Crippen molar-refractivity contribution in [3.05, 3.63) is 23.8 Å². The fraction of sp³-hybridized carbons (Fsp3) is 0.375. The second-order valence-electron chi connectivity index (χ2n) is 1.80. The number of halogens is 1. The van der Waals surface area contributed by atoms with Gasteiger partial charge in [-0.2, -0.15) is 0 Å². The van der Waals surface area contributed by atoms with Gasteiger partial charge in [0.05, 0.1) is 5.69 Å². The van der Waals surface area contributed by atoms with Crippen LogP contribution in [0.1, 0.15) is 19.5 Å². The molecule has 1 nitrogen and oxygen atoms in total. The molecule has 0 unspecified atom stereocenters. The lowest BCUT2D eigenvalue weighted by molar-refractivity contribution is 0.618. The van der Waals surface area contributed by atoms with Crippen LogP contribution in [0, 0.1) is 12.7 Å². The minimum atomic E-state index is -0.419. The summed E-state index contributed by atoms with van der Waals surface area (Å²) in [7, 11) is 5.21. The second-order valence-corrected chi connectivity index (χ2v) is 1.80. The first kappa shape index (κ1) is 10.1. The monoisotopic (exact) mass is 151 g/mol. The molecule has 0 bridgehead atoms. The molecule has 3 heteroatoms. The van der Waals surface area contributed by atoms with Gasteiger partial charge in [-0.25, -0.2) is 4.39 Å². The van der Waals surface area contributed by atoms with Crippen LogP contribution < -0.4 is 5.46 Å². The molecular formula is C8H11BFN. The third-order valence-corrected chi connectivity index (χ3v) is 1.09. The van der Waals surface area contributed by atoms with E-state index in [4.69, 9.17) is 7.85 Å². The maximum absolute atomic E-state index is 12.5. The summed E-state index contributed by atoms with van der Waals surface area (Å²) in [6.45, 7) is 5.58. The molecule has 0 aliphatic rings. The summed E-state index contributed by atoms with van der Waals surface area (Å²) >= 11 is 0. The number of pyridine rings is 1. The van der Waals surface area contributed by atoms with Crippen molar-refractivity contribution in [3.63, 3.8) is 0 Å². The summed E-state index contributed by atoms with van der Waals surface area (Å²) < 4.78 is 12.5. The SMILES string of the molecule is CC.[B]c1ccnc(C)c1F. The van der Waals surface area contributed by atoms with Crippen molar-refractivity contribution in [2.75, 3.05) is 0 Å². The minimum absolute atomic E-state index is 0.155. The van der Waals surface area contributed by atoms with Crippen molar-refractivity contribution in [2.45, 2.75) is 20.8 Å². The van der Waals surface area contributed by atoms with E-state index in [0.717, 1.165) is 0 Å². The summed E-state index contributed by atoms with van der Waals surface area (Å²) in [4.78, 5) is 3.68. The van der Waals surface area contributed by atoms with Gasteiger partial charge in [0.2, 0.25) is 0 Å². The van der Waals surface area contributed by atoms with Crippen LogP contribution in [0.15, 0.2) is 12.3 Å². The van der Waals surface area contributed by atoms with Gasteiger partial charge in [0.15, 0.2) is 0 Å². The molecule has 0 aliphatic carbocycles. The van der Waals surface area contributed by atoms with E-state index >= 15 is 0 Å². The standard InChI is InChI=1S/C6H5BFN.C2H6/c1-4-6(8)5(7)2-3-9-4;1-2/h2-3H,1H3;1-2H3. The van der Waals surface area contributed by atoms with Crippen molar-refractivity contribution < 1.29 is 4.39 Å². The Morgan fingerprint density at radius 1 is 1.45 bits per heavy atom. The van der Waals surface area contributed by atoms with E-state index in [0.29, 0.717) is 5.69 Å². The van der Waals surface area contributed by atoms with Gasteiger partial charge in [0.25, 0.3) is 0 Å². The maximum atomic E-state index is 12.5. The Kier molecular flexibility index (Phi) is 4.50. The Labute approximate surface area is 68.1 Å². The zero-order valence-electron chi connectivity index (χ0n) is 7.06. The molecular weight excluding hydrogens is 140 g/mol. The van der Waals surface area contributed by atoms with E-state index < -0.39 is 5.82 Å². The number of aryl methyl sites for hydroxylation is 1. The van der Waals surface area contributed by atoms with Crippen LogP contribution in [0.4, 0.5) is 4.39 Å². The van der Waals surface area contributed by atoms with E-state index in [-0.39, 0.29) is 5.46 Å². The smallest absolute Gasteiger partial charge is 0.137 e. The first-order chi connectivity index (χ1) is 5.22. The maximum Gasteiger partial charge on any atom is 0.137 e. The van der Waals surface area contributed by atoms with Crippen LogP contribution >= 0.6 is 0 Å². The Hall–Kier alpha value is -0.855. The van der Waals surface area contributed by atoms with E-state index in [1.165, 1.54) is 12.3 Å². The molecule has 0 N–H and O–H groups in total. The lowest BCUT2D eigenvalue weighted by Gasteiger charge is -1.96. The van der Waals surface area contributed by atoms with Gasteiger partial charge in [-0.15, -0.1) is 0 Å². The summed E-state index contributed by atoms with van der Waals surface area (Å²) in [5, 5.41) is 0. The first-order valence-electron chi connectivity index (χ1n) is 3.58. The predicted octanol–water partition coefficient (Wildman–Crippen LogP) is 1.35. The summed E-state index contributed by atoms with van der Waals surface area (Å²) in [6.07, 6.45) is 1.48. The third-order valence-electron chi connectivity index (χ3n) is 1.09. The lowest BCUT2D eigenvalue weighted by atomic mass is 9.96. The summed E-state index contributed by atoms with van der Waals surface area (Å²) in [6, 6.07) is 1.43. The average molecular weight is 151 g/mol. The highest BCUT2D eigenvalue weighted by atomic mass is 19.1. The molecule has 0 aliphatic heterocycles. The number of hydrogen-bond donors (Lipinski definition) is 0. The van der Waals surface area contributed by atoms with Crippen LogP contribution in [0.3, 0.4) is 0 Å². The van der Waals surface area contributed by atoms with Crippen molar-refractivity contribution in [3.8, 4) is 0 Å². The van der Waals surface area contributed by atoms with E-state index in [1.807, 2.05) is 13.8 Å². The number of nitrogens with zero attached hydrogens (tertiary/aromatic N) is 1. The van der Waals surface area contributed by atoms with E-state index in [9.17, 15) is 4.39 Å². The molecule has 0 aromatic carbocycles.